The fourth-order valence-electron chi connectivity index (χ4n) is 1.99. The summed E-state index contributed by atoms with van der Waals surface area (Å²) in [5.74, 6) is -4.89. The molecule has 1 aliphatic rings. The van der Waals surface area contributed by atoms with Crippen LogP contribution in [0.5, 0.6) is 0 Å². The largest absolute Gasteiger partial charge is 0.481 e. The zero-order valence-electron chi connectivity index (χ0n) is 7.77. The van der Waals surface area contributed by atoms with E-state index in [4.69, 9.17) is 10.2 Å². The van der Waals surface area contributed by atoms with Crippen molar-refractivity contribution in [2.24, 2.45) is 17.8 Å². The maximum absolute atomic E-state index is 11.1. The van der Waals surface area contributed by atoms with Crippen LogP contribution >= 0.6 is 0 Å². The zero-order valence-corrected chi connectivity index (χ0v) is 7.77. The van der Waals surface area contributed by atoms with Gasteiger partial charge in [0.15, 0.2) is 0 Å². The van der Waals surface area contributed by atoms with Crippen molar-refractivity contribution in [1.29, 1.82) is 0 Å². The highest BCUT2D eigenvalue weighted by atomic mass is 16.4. The second kappa shape index (κ2) is 3.77. The molecule has 14 heavy (non-hydrogen) atoms. The molecule has 0 spiro atoms. The standard InChI is InChI=1S/C9H12O5/c1-4-2-5(10)3-6(8(11)12)7(4)9(13)14/h4,6-7H,2-3H2,1H3,(H,11,12)(H,13,14)/t4-,6+,7+/m0/s1. The van der Waals surface area contributed by atoms with E-state index in [1.54, 1.807) is 6.92 Å². The highest BCUT2D eigenvalue weighted by molar-refractivity contribution is 5.89. The molecular formula is C9H12O5. The van der Waals surface area contributed by atoms with E-state index in [0.717, 1.165) is 0 Å². The van der Waals surface area contributed by atoms with Gasteiger partial charge < -0.3 is 10.2 Å². The summed E-state index contributed by atoms with van der Waals surface area (Å²) in [6, 6.07) is 0. The molecule has 0 aromatic rings. The third-order valence-corrected chi connectivity index (χ3v) is 2.65. The monoisotopic (exact) mass is 200 g/mol. The van der Waals surface area contributed by atoms with Crippen LogP contribution in [0.3, 0.4) is 0 Å². The van der Waals surface area contributed by atoms with Gasteiger partial charge in [-0.2, -0.15) is 0 Å². The smallest absolute Gasteiger partial charge is 0.307 e. The lowest BCUT2D eigenvalue weighted by Crippen LogP contribution is -2.40. The highest BCUT2D eigenvalue weighted by Crippen LogP contribution is 2.33. The predicted molar refractivity (Wildman–Crippen MR) is 45.7 cm³/mol. The summed E-state index contributed by atoms with van der Waals surface area (Å²) in [5.41, 5.74) is 0. The topological polar surface area (TPSA) is 91.7 Å². The van der Waals surface area contributed by atoms with Gasteiger partial charge in [0.1, 0.15) is 5.78 Å². The van der Waals surface area contributed by atoms with E-state index in [-0.39, 0.29) is 18.6 Å². The van der Waals surface area contributed by atoms with Gasteiger partial charge in [0.25, 0.3) is 0 Å². The van der Waals surface area contributed by atoms with Crippen molar-refractivity contribution in [2.45, 2.75) is 19.8 Å². The molecule has 3 atom stereocenters. The first kappa shape index (κ1) is 10.7. The van der Waals surface area contributed by atoms with Crippen molar-refractivity contribution >= 4 is 17.7 Å². The molecule has 1 aliphatic carbocycles. The van der Waals surface area contributed by atoms with Crippen LogP contribution in [0.1, 0.15) is 19.8 Å². The Kier molecular flexibility index (Phi) is 2.88. The molecule has 78 valence electrons. The van der Waals surface area contributed by atoms with Crippen molar-refractivity contribution in [3.05, 3.63) is 0 Å². The lowest BCUT2D eigenvalue weighted by molar-refractivity contribution is -0.159. The number of carboxylic acids is 2. The van der Waals surface area contributed by atoms with Gasteiger partial charge in [0.05, 0.1) is 11.8 Å². The zero-order chi connectivity index (χ0) is 10.9. The summed E-state index contributed by atoms with van der Waals surface area (Å²) < 4.78 is 0. The Morgan fingerprint density at radius 3 is 2.21 bits per heavy atom. The number of hydrogen-bond donors (Lipinski definition) is 2. The summed E-state index contributed by atoms with van der Waals surface area (Å²) >= 11 is 0. The van der Waals surface area contributed by atoms with Crippen LogP contribution in [0.15, 0.2) is 0 Å². The molecule has 2 N–H and O–H groups in total. The van der Waals surface area contributed by atoms with E-state index in [9.17, 15) is 14.4 Å². The molecule has 1 saturated carbocycles. The van der Waals surface area contributed by atoms with Gasteiger partial charge in [-0.3, -0.25) is 14.4 Å². The van der Waals surface area contributed by atoms with Crippen molar-refractivity contribution in [3.8, 4) is 0 Å². The fourth-order valence-corrected chi connectivity index (χ4v) is 1.99. The number of carbonyl (C=O) groups excluding carboxylic acids is 1. The number of hydrogen-bond acceptors (Lipinski definition) is 3. The van der Waals surface area contributed by atoms with Crippen LogP contribution in [0, 0.1) is 17.8 Å². The van der Waals surface area contributed by atoms with Gasteiger partial charge >= 0.3 is 11.9 Å². The van der Waals surface area contributed by atoms with Crippen LogP contribution in [0.25, 0.3) is 0 Å². The molecule has 0 radical (unpaired) electrons. The minimum Gasteiger partial charge on any atom is -0.481 e. The van der Waals surface area contributed by atoms with Crippen molar-refractivity contribution in [2.75, 3.05) is 0 Å². The Bertz CT molecular complexity index is 283. The number of carboxylic acid groups (broad SMARTS) is 2. The Morgan fingerprint density at radius 1 is 1.21 bits per heavy atom. The molecule has 5 nitrogen and oxygen atoms in total. The van der Waals surface area contributed by atoms with E-state index in [0.29, 0.717) is 0 Å². The van der Waals surface area contributed by atoms with E-state index in [2.05, 4.69) is 0 Å². The summed E-state index contributed by atoms with van der Waals surface area (Å²) in [5, 5.41) is 17.6. The first-order valence-electron chi connectivity index (χ1n) is 4.40. The maximum atomic E-state index is 11.1. The van der Waals surface area contributed by atoms with Crippen LogP contribution in [-0.4, -0.2) is 27.9 Å². The Morgan fingerprint density at radius 2 is 1.79 bits per heavy atom. The van der Waals surface area contributed by atoms with Crippen LogP contribution in [0.2, 0.25) is 0 Å². The average Bonchev–Trinajstić information content (AvgIpc) is 2.01. The van der Waals surface area contributed by atoms with Crippen LogP contribution in [0.4, 0.5) is 0 Å². The van der Waals surface area contributed by atoms with Crippen LogP contribution in [-0.2, 0) is 14.4 Å². The molecular weight excluding hydrogens is 188 g/mol. The molecule has 0 heterocycles. The molecule has 0 amide bonds. The van der Waals surface area contributed by atoms with Crippen LogP contribution < -0.4 is 0 Å². The first-order valence-corrected chi connectivity index (χ1v) is 4.40. The van der Waals surface area contributed by atoms with E-state index >= 15 is 0 Å². The third kappa shape index (κ3) is 1.92. The Labute approximate surface area is 80.7 Å². The molecule has 0 aromatic carbocycles. The quantitative estimate of drug-likeness (QED) is 0.672. The van der Waals surface area contributed by atoms with Gasteiger partial charge in [-0.05, 0) is 5.92 Å². The second-order valence-corrected chi connectivity index (χ2v) is 3.73. The van der Waals surface area contributed by atoms with Crippen molar-refractivity contribution < 1.29 is 24.6 Å². The number of rotatable bonds is 2. The lowest BCUT2D eigenvalue weighted by atomic mass is 9.72. The minimum atomic E-state index is -1.20. The molecule has 0 bridgehead atoms. The molecule has 0 aliphatic heterocycles. The summed E-state index contributed by atoms with van der Waals surface area (Å²) in [6.07, 6.45) is 0.0113. The van der Waals surface area contributed by atoms with Gasteiger partial charge in [0, 0.05) is 12.8 Å². The first-order chi connectivity index (χ1) is 6.43. The fraction of sp³-hybridized carbons (Fsp3) is 0.667. The normalized spacial score (nSPS) is 32.6. The Hall–Kier alpha value is -1.39. The molecule has 1 fully saturated rings. The lowest BCUT2D eigenvalue weighted by Gasteiger charge is -2.29. The summed E-state index contributed by atoms with van der Waals surface area (Å²) in [4.78, 5) is 32.7. The number of ketones is 1. The minimum absolute atomic E-state index is 0.156. The summed E-state index contributed by atoms with van der Waals surface area (Å²) in [6.45, 7) is 1.60. The van der Waals surface area contributed by atoms with Gasteiger partial charge in [0.2, 0.25) is 0 Å². The number of aliphatic carboxylic acids is 2. The molecule has 0 aromatic heterocycles. The highest BCUT2D eigenvalue weighted by Gasteiger charge is 2.43. The Balaban J connectivity index is 2.91. The molecule has 1 rings (SSSR count). The van der Waals surface area contributed by atoms with E-state index in [1.165, 1.54) is 0 Å². The van der Waals surface area contributed by atoms with Gasteiger partial charge in [-0.25, -0.2) is 0 Å². The summed E-state index contributed by atoms with van der Waals surface area (Å²) in [7, 11) is 0. The van der Waals surface area contributed by atoms with E-state index < -0.39 is 29.7 Å². The SMILES string of the molecule is C[C@H]1CC(=O)C[C@@H](C(=O)O)[C@@H]1C(=O)O. The number of Topliss-reactive ketones (excluding diaryl/α,β-unsaturated/α-hetero) is 1. The number of carbonyl (C=O) groups is 3. The van der Waals surface area contributed by atoms with Crippen molar-refractivity contribution in [3.63, 3.8) is 0 Å². The predicted octanol–water partition coefficient (Wildman–Crippen LogP) is 0.387. The van der Waals surface area contributed by atoms with Crippen molar-refractivity contribution in [1.82, 2.24) is 0 Å². The molecule has 5 heteroatoms. The average molecular weight is 200 g/mol. The van der Waals surface area contributed by atoms with Gasteiger partial charge in [-0.15, -0.1) is 0 Å². The van der Waals surface area contributed by atoms with Gasteiger partial charge in [-0.1, -0.05) is 6.92 Å². The molecule has 0 saturated heterocycles. The maximum Gasteiger partial charge on any atom is 0.307 e. The second-order valence-electron chi connectivity index (χ2n) is 3.73. The van der Waals surface area contributed by atoms with E-state index in [1.807, 2.05) is 0 Å². The molecule has 0 unspecified atom stereocenters. The third-order valence-electron chi connectivity index (χ3n) is 2.65.